The third kappa shape index (κ3) is 4.21. The number of carboxylic acids is 1. The van der Waals surface area contributed by atoms with Crippen molar-refractivity contribution < 1.29 is 32.2 Å². The molecule has 1 aliphatic rings. The number of rotatable bonds is 6. The number of aromatic nitrogens is 2. The van der Waals surface area contributed by atoms with Crippen LogP contribution in [-0.2, 0) is 22.8 Å². The molecular weight excluding hydrogens is 500 g/mol. The van der Waals surface area contributed by atoms with Gasteiger partial charge in [0.15, 0.2) is 0 Å². The summed E-state index contributed by atoms with van der Waals surface area (Å²) in [6, 6.07) is 16.4. The van der Waals surface area contributed by atoms with Crippen LogP contribution in [-0.4, -0.2) is 28.2 Å². The van der Waals surface area contributed by atoms with Gasteiger partial charge in [-0.2, -0.15) is 13.2 Å². The van der Waals surface area contributed by atoms with Gasteiger partial charge < -0.3 is 14.8 Å². The van der Waals surface area contributed by atoms with Gasteiger partial charge in [-0.25, -0.2) is 9.37 Å². The third-order valence-electron chi connectivity index (χ3n) is 7.36. The number of methoxy groups -OCH3 is 1. The lowest BCUT2D eigenvalue weighted by molar-refractivity contribution is -0.144. The number of carbonyl (C=O) groups is 1. The van der Waals surface area contributed by atoms with Crippen molar-refractivity contribution >= 4 is 22.6 Å². The number of halogens is 4. The lowest BCUT2D eigenvalue weighted by Crippen LogP contribution is -2.37. The number of imidazole rings is 1. The molecule has 0 fully saturated rings. The first-order valence-corrected chi connectivity index (χ1v) is 12.0. The molecule has 4 aromatic rings. The zero-order chi connectivity index (χ0) is 27.2. The topological polar surface area (TPSA) is 75.2 Å². The largest absolute Gasteiger partial charge is 0.497 e. The molecule has 0 bridgehead atoms. The van der Waals surface area contributed by atoms with Gasteiger partial charge in [-0.1, -0.05) is 30.3 Å². The number of fused-ring (bicyclic) bond motifs is 1. The second-order valence-corrected chi connectivity index (χ2v) is 9.42. The van der Waals surface area contributed by atoms with Gasteiger partial charge in [-0.3, -0.25) is 4.79 Å². The van der Waals surface area contributed by atoms with Crippen LogP contribution in [0, 0.1) is 12.7 Å². The number of nitrogens with zero attached hydrogens (tertiary/aromatic N) is 1. The van der Waals surface area contributed by atoms with Crippen LogP contribution in [0.5, 0.6) is 5.75 Å². The lowest BCUT2D eigenvalue weighted by atomic mass is 9.71. The van der Waals surface area contributed by atoms with Crippen LogP contribution < -0.4 is 4.74 Å². The highest BCUT2D eigenvalue weighted by Crippen LogP contribution is 2.51. The van der Waals surface area contributed by atoms with Crippen LogP contribution in [0.4, 0.5) is 17.6 Å². The Morgan fingerprint density at radius 1 is 1.13 bits per heavy atom. The molecule has 196 valence electrons. The van der Waals surface area contributed by atoms with Gasteiger partial charge in [0.25, 0.3) is 0 Å². The van der Waals surface area contributed by atoms with Crippen LogP contribution >= 0.6 is 0 Å². The van der Waals surface area contributed by atoms with Crippen LogP contribution in [0.1, 0.15) is 40.9 Å². The molecule has 5 rings (SSSR count). The predicted octanol–water partition coefficient (Wildman–Crippen LogP) is 6.85. The second kappa shape index (κ2) is 9.31. The molecule has 38 heavy (non-hydrogen) atoms. The van der Waals surface area contributed by atoms with Crippen molar-refractivity contribution in [1.82, 2.24) is 9.97 Å². The maximum absolute atomic E-state index is 14.7. The Balaban J connectivity index is 1.73. The van der Waals surface area contributed by atoms with Crippen molar-refractivity contribution in [1.29, 1.82) is 0 Å². The van der Waals surface area contributed by atoms with E-state index in [2.05, 4.69) is 9.97 Å². The highest BCUT2D eigenvalue weighted by molar-refractivity contribution is 5.94. The first kappa shape index (κ1) is 25.5. The normalized spacial score (nSPS) is 17.8. The Labute approximate surface area is 215 Å². The molecule has 2 N–H and O–H groups in total. The molecule has 1 aromatic heterocycles. The molecule has 1 atom stereocenters. The molecule has 0 radical (unpaired) electrons. The minimum absolute atomic E-state index is 0.154. The summed E-state index contributed by atoms with van der Waals surface area (Å²) >= 11 is 0. The zero-order valence-corrected chi connectivity index (χ0v) is 20.6. The number of nitrogens with one attached hydrogen (secondary N) is 1. The van der Waals surface area contributed by atoms with E-state index in [0.29, 0.717) is 34.4 Å². The van der Waals surface area contributed by atoms with Crippen LogP contribution in [0.3, 0.4) is 0 Å². The number of ether oxygens (including phenoxy) is 1. The average molecular weight is 525 g/mol. The zero-order valence-electron chi connectivity index (χ0n) is 20.6. The number of carboxylic acid groups (broad SMARTS) is 1. The summed E-state index contributed by atoms with van der Waals surface area (Å²) in [5.74, 6) is -2.06. The van der Waals surface area contributed by atoms with Gasteiger partial charge >= 0.3 is 12.1 Å². The fraction of sp³-hybridized carbons (Fsp3) is 0.241. The summed E-state index contributed by atoms with van der Waals surface area (Å²) in [6.07, 6.45) is -3.85. The van der Waals surface area contributed by atoms with Crippen molar-refractivity contribution in [2.75, 3.05) is 7.11 Å². The van der Waals surface area contributed by atoms with Crippen molar-refractivity contribution in [3.63, 3.8) is 0 Å². The van der Waals surface area contributed by atoms with Gasteiger partial charge in [-0.05, 0) is 89.9 Å². The SMILES string of the molecule is COc1ccc(CC2=C(c3ccc4nc(C(F)(F)F)[nH]c4c3)CC[C@@]2(C(=O)O)c2cccc(F)c2C)cc1. The van der Waals surface area contributed by atoms with Gasteiger partial charge in [0.2, 0.25) is 5.82 Å². The fourth-order valence-corrected chi connectivity index (χ4v) is 5.45. The smallest absolute Gasteiger partial charge is 0.449 e. The van der Waals surface area contributed by atoms with Crippen molar-refractivity contribution in [2.24, 2.45) is 0 Å². The van der Waals surface area contributed by atoms with Gasteiger partial charge in [-0.15, -0.1) is 0 Å². The van der Waals surface area contributed by atoms with Crippen LogP contribution in [0.25, 0.3) is 16.6 Å². The van der Waals surface area contributed by atoms with Crippen LogP contribution in [0.2, 0.25) is 0 Å². The molecule has 0 saturated heterocycles. The van der Waals surface area contributed by atoms with E-state index in [0.717, 1.165) is 5.56 Å². The number of aromatic amines is 1. The predicted molar refractivity (Wildman–Crippen MR) is 134 cm³/mol. The first-order valence-electron chi connectivity index (χ1n) is 12.0. The second-order valence-electron chi connectivity index (χ2n) is 9.42. The van der Waals surface area contributed by atoms with E-state index in [1.807, 2.05) is 12.1 Å². The van der Waals surface area contributed by atoms with Crippen molar-refractivity contribution in [3.05, 3.63) is 100 Å². The molecule has 1 heterocycles. The number of H-pyrrole nitrogens is 1. The third-order valence-corrected chi connectivity index (χ3v) is 7.36. The fourth-order valence-electron chi connectivity index (χ4n) is 5.45. The highest BCUT2D eigenvalue weighted by atomic mass is 19.4. The molecule has 5 nitrogen and oxygen atoms in total. The quantitative estimate of drug-likeness (QED) is 0.271. The summed E-state index contributed by atoms with van der Waals surface area (Å²) in [7, 11) is 1.55. The first-order chi connectivity index (χ1) is 18.0. The van der Waals surface area contributed by atoms with E-state index >= 15 is 0 Å². The Morgan fingerprint density at radius 3 is 2.53 bits per heavy atom. The van der Waals surface area contributed by atoms with Gasteiger partial charge in [0, 0.05) is 0 Å². The maximum Gasteiger partial charge on any atom is 0.449 e. The van der Waals surface area contributed by atoms with Gasteiger partial charge in [0.1, 0.15) is 17.0 Å². The molecule has 0 unspecified atom stereocenters. The van der Waals surface area contributed by atoms with E-state index in [1.54, 1.807) is 44.4 Å². The van der Waals surface area contributed by atoms with Crippen molar-refractivity contribution in [2.45, 2.75) is 37.8 Å². The Kier molecular flexibility index (Phi) is 6.25. The monoisotopic (exact) mass is 524 g/mol. The molecule has 1 aliphatic carbocycles. The van der Waals surface area contributed by atoms with E-state index in [9.17, 15) is 27.5 Å². The standard InChI is InChI=1S/C29H24F4N2O3/c1-16-21(4-3-5-23(16)30)28(27(36)37)13-12-20(22(28)14-17-6-9-19(38-2)10-7-17)18-8-11-24-25(15-18)35-26(34-24)29(31,32)33/h3-11,15H,12-14H2,1-2H3,(H,34,35)(H,36,37)/t28-/m1/s1. The van der Waals surface area contributed by atoms with Gasteiger partial charge in [0.05, 0.1) is 18.1 Å². The average Bonchev–Trinajstić information content (AvgIpc) is 3.48. The number of benzene rings is 3. The summed E-state index contributed by atoms with van der Waals surface area (Å²) in [4.78, 5) is 19.0. The van der Waals surface area contributed by atoms with E-state index < -0.39 is 29.2 Å². The number of aliphatic carboxylic acids is 1. The Morgan fingerprint density at radius 2 is 1.87 bits per heavy atom. The number of hydrogen-bond donors (Lipinski definition) is 2. The summed E-state index contributed by atoms with van der Waals surface area (Å²) in [5.41, 5.74) is 2.14. The number of hydrogen-bond acceptors (Lipinski definition) is 3. The molecule has 9 heteroatoms. The van der Waals surface area contributed by atoms with E-state index in [-0.39, 0.29) is 29.4 Å². The molecule has 0 amide bonds. The molecule has 0 saturated carbocycles. The minimum atomic E-state index is -4.63. The summed E-state index contributed by atoms with van der Waals surface area (Å²) in [5, 5.41) is 10.7. The van der Waals surface area contributed by atoms with E-state index in [4.69, 9.17) is 4.74 Å². The Hall–Kier alpha value is -4.14. The minimum Gasteiger partial charge on any atom is -0.497 e. The summed E-state index contributed by atoms with van der Waals surface area (Å²) in [6.45, 7) is 1.56. The highest BCUT2D eigenvalue weighted by Gasteiger charge is 2.49. The molecule has 0 aliphatic heterocycles. The van der Waals surface area contributed by atoms with Crippen molar-refractivity contribution in [3.8, 4) is 5.75 Å². The summed E-state index contributed by atoms with van der Waals surface area (Å²) < 4.78 is 59.6. The molecule has 0 spiro atoms. The van der Waals surface area contributed by atoms with Crippen LogP contribution in [0.15, 0.2) is 66.2 Å². The number of alkyl halides is 3. The Bertz CT molecular complexity index is 1570. The molecular formula is C29H24F4N2O3. The maximum atomic E-state index is 14.7. The van der Waals surface area contributed by atoms with E-state index in [1.165, 1.54) is 18.2 Å². The lowest BCUT2D eigenvalue weighted by Gasteiger charge is -2.31. The molecule has 3 aromatic carbocycles. The number of allylic oxidation sites excluding steroid dienone is 1.